The molecule has 0 spiro atoms. The highest BCUT2D eigenvalue weighted by atomic mass is 16.5. The summed E-state index contributed by atoms with van der Waals surface area (Å²) in [6.45, 7) is 7.86. The highest BCUT2D eigenvalue weighted by Crippen LogP contribution is 2.28. The van der Waals surface area contributed by atoms with Crippen molar-refractivity contribution in [3.63, 3.8) is 0 Å². The summed E-state index contributed by atoms with van der Waals surface area (Å²) in [5.41, 5.74) is 1.11. The minimum absolute atomic E-state index is 0.487. The molecule has 0 amide bonds. The Morgan fingerprint density at radius 3 is 3.11 bits per heavy atom. The fourth-order valence-corrected chi connectivity index (χ4v) is 1.80. The maximum Gasteiger partial charge on any atom is 0.0762 e. The molecular weight excluding hydrogens is 226 g/mol. The lowest BCUT2D eigenvalue weighted by Gasteiger charge is -2.08. The van der Waals surface area contributed by atoms with Gasteiger partial charge in [0, 0.05) is 31.9 Å². The molecule has 1 aliphatic carbocycles. The third kappa shape index (κ3) is 4.42. The summed E-state index contributed by atoms with van der Waals surface area (Å²) in [6, 6.07) is 2.57. The standard InChI is InChI=1S/C14H25N3O/c1-3-12(2)17-8-6-14(16-17)10-15-7-9-18-11-13-4-5-13/h6,8,12-13,15H,3-5,7,9-11H2,1-2H3. The molecule has 4 nitrogen and oxygen atoms in total. The average Bonchev–Trinajstić information content (AvgIpc) is 3.09. The third-order valence-electron chi connectivity index (χ3n) is 3.49. The number of ether oxygens (including phenoxy) is 1. The molecule has 18 heavy (non-hydrogen) atoms. The van der Waals surface area contributed by atoms with Crippen molar-refractivity contribution in [2.75, 3.05) is 19.8 Å². The van der Waals surface area contributed by atoms with Gasteiger partial charge in [0.25, 0.3) is 0 Å². The zero-order valence-electron chi connectivity index (χ0n) is 11.6. The first kappa shape index (κ1) is 13.6. The Kier molecular flexibility index (Phi) is 5.20. The summed E-state index contributed by atoms with van der Waals surface area (Å²) in [5.74, 6) is 0.858. The van der Waals surface area contributed by atoms with Gasteiger partial charge in [0.15, 0.2) is 0 Å². The molecule has 4 heteroatoms. The van der Waals surface area contributed by atoms with Crippen LogP contribution in [0.2, 0.25) is 0 Å². The maximum absolute atomic E-state index is 5.57. The molecule has 0 bridgehead atoms. The smallest absolute Gasteiger partial charge is 0.0762 e. The highest BCUT2D eigenvalue weighted by molar-refractivity contribution is 4.99. The van der Waals surface area contributed by atoms with Crippen molar-refractivity contribution in [2.24, 2.45) is 5.92 Å². The van der Waals surface area contributed by atoms with E-state index in [1.165, 1.54) is 12.8 Å². The Morgan fingerprint density at radius 2 is 2.39 bits per heavy atom. The zero-order valence-corrected chi connectivity index (χ0v) is 11.6. The molecule has 0 saturated heterocycles. The number of aromatic nitrogens is 2. The van der Waals surface area contributed by atoms with Crippen molar-refractivity contribution in [2.45, 2.75) is 45.7 Å². The predicted octanol–water partition coefficient (Wildman–Crippen LogP) is 2.37. The second kappa shape index (κ2) is 6.90. The molecule has 1 aromatic rings. The van der Waals surface area contributed by atoms with Crippen LogP contribution in [0, 0.1) is 5.92 Å². The van der Waals surface area contributed by atoms with Crippen molar-refractivity contribution in [1.29, 1.82) is 0 Å². The minimum Gasteiger partial charge on any atom is -0.380 e. The molecule has 0 aliphatic heterocycles. The Balaban J connectivity index is 1.56. The number of hydrogen-bond donors (Lipinski definition) is 1. The summed E-state index contributed by atoms with van der Waals surface area (Å²) >= 11 is 0. The van der Waals surface area contributed by atoms with Gasteiger partial charge >= 0.3 is 0 Å². The maximum atomic E-state index is 5.57. The zero-order chi connectivity index (χ0) is 12.8. The monoisotopic (exact) mass is 251 g/mol. The Morgan fingerprint density at radius 1 is 1.56 bits per heavy atom. The van der Waals surface area contributed by atoms with E-state index in [-0.39, 0.29) is 0 Å². The highest BCUT2D eigenvalue weighted by Gasteiger charge is 2.20. The quantitative estimate of drug-likeness (QED) is 0.685. The second-order valence-corrected chi connectivity index (χ2v) is 5.24. The van der Waals surface area contributed by atoms with Crippen molar-refractivity contribution in [3.05, 3.63) is 18.0 Å². The average molecular weight is 251 g/mol. The van der Waals surface area contributed by atoms with Gasteiger partial charge in [-0.3, -0.25) is 4.68 Å². The summed E-state index contributed by atoms with van der Waals surface area (Å²) in [5, 5.41) is 7.92. The lowest BCUT2D eigenvalue weighted by Crippen LogP contribution is -2.20. The molecule has 102 valence electrons. The van der Waals surface area contributed by atoms with Gasteiger partial charge in [-0.1, -0.05) is 6.92 Å². The van der Waals surface area contributed by atoms with Crippen LogP contribution in [-0.2, 0) is 11.3 Å². The van der Waals surface area contributed by atoms with Crippen LogP contribution in [0.25, 0.3) is 0 Å². The first-order valence-corrected chi connectivity index (χ1v) is 7.12. The third-order valence-corrected chi connectivity index (χ3v) is 3.49. The van der Waals surface area contributed by atoms with Crippen LogP contribution in [0.4, 0.5) is 0 Å². The van der Waals surface area contributed by atoms with E-state index in [9.17, 15) is 0 Å². The molecule has 0 aromatic carbocycles. The fourth-order valence-electron chi connectivity index (χ4n) is 1.80. The van der Waals surface area contributed by atoms with Crippen LogP contribution < -0.4 is 5.32 Å². The van der Waals surface area contributed by atoms with E-state index in [1.54, 1.807) is 0 Å². The summed E-state index contributed by atoms with van der Waals surface area (Å²) in [6.07, 6.45) is 5.90. The normalized spacial score (nSPS) is 17.0. The molecule has 1 unspecified atom stereocenters. The van der Waals surface area contributed by atoms with Crippen molar-refractivity contribution in [1.82, 2.24) is 15.1 Å². The predicted molar refractivity (Wildman–Crippen MR) is 72.5 cm³/mol. The summed E-state index contributed by atoms with van der Waals surface area (Å²) < 4.78 is 7.61. The van der Waals surface area contributed by atoms with Gasteiger partial charge in [0.05, 0.1) is 12.3 Å². The first-order chi connectivity index (χ1) is 8.79. The van der Waals surface area contributed by atoms with Gasteiger partial charge in [-0.15, -0.1) is 0 Å². The van der Waals surface area contributed by atoms with E-state index in [2.05, 4.69) is 36.5 Å². The van der Waals surface area contributed by atoms with Crippen molar-refractivity contribution in [3.8, 4) is 0 Å². The van der Waals surface area contributed by atoms with Gasteiger partial charge in [-0.25, -0.2) is 0 Å². The van der Waals surface area contributed by atoms with E-state index in [0.29, 0.717) is 6.04 Å². The van der Waals surface area contributed by atoms with Crippen molar-refractivity contribution < 1.29 is 4.74 Å². The summed E-state index contributed by atoms with van der Waals surface area (Å²) in [7, 11) is 0. The molecule has 0 radical (unpaired) electrons. The molecule has 1 aromatic heterocycles. The SMILES string of the molecule is CCC(C)n1ccc(CNCCOCC2CC2)n1. The molecule has 1 heterocycles. The molecule has 1 atom stereocenters. The Bertz CT molecular complexity index is 347. The lowest BCUT2D eigenvalue weighted by molar-refractivity contribution is 0.126. The first-order valence-electron chi connectivity index (χ1n) is 7.12. The number of nitrogens with zero attached hydrogens (tertiary/aromatic N) is 2. The van der Waals surface area contributed by atoms with E-state index in [4.69, 9.17) is 4.74 Å². The van der Waals surface area contributed by atoms with Crippen LogP contribution in [-0.4, -0.2) is 29.5 Å². The molecule has 1 fully saturated rings. The van der Waals surface area contributed by atoms with Gasteiger partial charge in [-0.05, 0) is 38.2 Å². The van der Waals surface area contributed by atoms with Gasteiger partial charge < -0.3 is 10.1 Å². The Labute approximate surface area is 110 Å². The molecular formula is C14H25N3O. The fraction of sp³-hybridized carbons (Fsp3) is 0.786. The molecule has 1 saturated carbocycles. The topological polar surface area (TPSA) is 39.1 Å². The van der Waals surface area contributed by atoms with E-state index < -0.39 is 0 Å². The van der Waals surface area contributed by atoms with Crippen LogP contribution in [0.1, 0.15) is 44.8 Å². The van der Waals surface area contributed by atoms with Crippen LogP contribution >= 0.6 is 0 Å². The second-order valence-electron chi connectivity index (χ2n) is 5.24. The number of nitrogens with one attached hydrogen (secondary N) is 1. The minimum atomic E-state index is 0.487. The molecule has 1 aliphatic rings. The van der Waals surface area contributed by atoms with Gasteiger partial charge in [0.1, 0.15) is 0 Å². The lowest BCUT2D eigenvalue weighted by atomic mass is 10.3. The van der Waals surface area contributed by atoms with Crippen molar-refractivity contribution >= 4 is 0 Å². The van der Waals surface area contributed by atoms with Gasteiger partial charge in [0.2, 0.25) is 0 Å². The van der Waals surface area contributed by atoms with Crippen LogP contribution in [0.3, 0.4) is 0 Å². The largest absolute Gasteiger partial charge is 0.380 e. The summed E-state index contributed by atoms with van der Waals surface area (Å²) in [4.78, 5) is 0. The molecule has 1 N–H and O–H groups in total. The van der Waals surface area contributed by atoms with Crippen LogP contribution in [0.15, 0.2) is 12.3 Å². The number of rotatable bonds is 9. The van der Waals surface area contributed by atoms with E-state index >= 15 is 0 Å². The van der Waals surface area contributed by atoms with Crippen LogP contribution in [0.5, 0.6) is 0 Å². The van der Waals surface area contributed by atoms with E-state index in [0.717, 1.165) is 44.3 Å². The molecule has 2 rings (SSSR count). The van der Waals surface area contributed by atoms with E-state index in [1.807, 2.05) is 4.68 Å². The Hall–Kier alpha value is -0.870. The number of hydrogen-bond acceptors (Lipinski definition) is 3. The van der Waals surface area contributed by atoms with Gasteiger partial charge in [-0.2, -0.15) is 5.10 Å².